The standard InChI is InChI=1S/C24H17FINO3S2/c1-29-20-12-16(11-18(26)22(20)30-14-15-7-3-2-4-8-15)13-21-23(28)27(24(31)32-21)19-10-6-5-9-17(19)25/h2-13H,14H2,1H3/b21-13-. The molecule has 3 aromatic rings. The number of hydrogen-bond acceptors (Lipinski definition) is 5. The number of halogens is 2. The molecule has 0 radical (unpaired) electrons. The molecule has 4 rings (SSSR count). The van der Waals surface area contributed by atoms with Gasteiger partial charge in [-0.25, -0.2) is 4.39 Å². The maximum Gasteiger partial charge on any atom is 0.270 e. The highest BCUT2D eigenvalue weighted by molar-refractivity contribution is 14.1. The SMILES string of the molecule is COc1cc(/C=C2\SC(=S)N(c3ccccc3F)C2=O)cc(I)c1OCc1ccccc1. The summed E-state index contributed by atoms with van der Waals surface area (Å²) in [5.41, 5.74) is 1.95. The van der Waals surface area contributed by atoms with Crippen LogP contribution < -0.4 is 14.4 Å². The molecule has 1 amide bonds. The van der Waals surface area contributed by atoms with Gasteiger partial charge in [-0.05, 0) is 64.1 Å². The second-order valence-corrected chi connectivity index (χ2v) is 9.61. The van der Waals surface area contributed by atoms with E-state index in [-0.39, 0.29) is 15.9 Å². The molecular formula is C24H17FINO3S2. The highest BCUT2D eigenvalue weighted by Crippen LogP contribution is 2.39. The number of nitrogens with zero attached hydrogens (tertiary/aromatic N) is 1. The minimum absolute atomic E-state index is 0.148. The van der Waals surface area contributed by atoms with Crippen LogP contribution in [0.15, 0.2) is 71.6 Å². The highest BCUT2D eigenvalue weighted by atomic mass is 127. The number of methoxy groups -OCH3 is 1. The van der Waals surface area contributed by atoms with E-state index in [1.54, 1.807) is 31.4 Å². The molecule has 162 valence electrons. The third-order valence-corrected chi connectivity index (χ3v) is 6.77. The van der Waals surface area contributed by atoms with Gasteiger partial charge in [0.2, 0.25) is 0 Å². The van der Waals surface area contributed by atoms with E-state index in [0.717, 1.165) is 26.5 Å². The van der Waals surface area contributed by atoms with E-state index in [4.69, 9.17) is 21.7 Å². The number of rotatable bonds is 6. The van der Waals surface area contributed by atoms with Crippen molar-refractivity contribution in [1.82, 2.24) is 0 Å². The molecule has 0 unspecified atom stereocenters. The van der Waals surface area contributed by atoms with Crippen molar-refractivity contribution >= 4 is 68.6 Å². The molecule has 32 heavy (non-hydrogen) atoms. The Kier molecular flexibility index (Phi) is 7.12. The van der Waals surface area contributed by atoms with Gasteiger partial charge < -0.3 is 9.47 Å². The summed E-state index contributed by atoms with van der Waals surface area (Å²) >= 11 is 8.66. The van der Waals surface area contributed by atoms with Gasteiger partial charge in [-0.15, -0.1) is 0 Å². The fraction of sp³-hybridized carbons (Fsp3) is 0.0833. The lowest BCUT2D eigenvalue weighted by atomic mass is 10.1. The Labute approximate surface area is 208 Å². The van der Waals surface area contributed by atoms with Crippen LogP contribution in [-0.2, 0) is 11.4 Å². The molecule has 8 heteroatoms. The molecule has 1 heterocycles. The van der Waals surface area contributed by atoms with Crippen molar-refractivity contribution in [1.29, 1.82) is 0 Å². The lowest BCUT2D eigenvalue weighted by Crippen LogP contribution is -2.28. The quantitative estimate of drug-likeness (QED) is 0.192. The van der Waals surface area contributed by atoms with Crippen LogP contribution in [0.1, 0.15) is 11.1 Å². The van der Waals surface area contributed by atoms with E-state index >= 15 is 0 Å². The van der Waals surface area contributed by atoms with Crippen molar-refractivity contribution in [3.63, 3.8) is 0 Å². The summed E-state index contributed by atoms with van der Waals surface area (Å²) in [6.45, 7) is 0.411. The van der Waals surface area contributed by atoms with E-state index < -0.39 is 5.82 Å². The van der Waals surface area contributed by atoms with Gasteiger partial charge in [-0.2, -0.15) is 0 Å². The van der Waals surface area contributed by atoms with Crippen molar-refractivity contribution in [3.05, 3.63) is 92.1 Å². The first-order chi connectivity index (χ1) is 15.5. The zero-order valence-electron chi connectivity index (χ0n) is 16.9. The Morgan fingerprint density at radius 2 is 1.84 bits per heavy atom. The summed E-state index contributed by atoms with van der Waals surface area (Å²) in [5, 5.41) is 0. The van der Waals surface area contributed by atoms with Gasteiger partial charge in [0.1, 0.15) is 12.4 Å². The van der Waals surface area contributed by atoms with Crippen LogP contribution in [0, 0.1) is 9.39 Å². The maximum atomic E-state index is 14.2. The number of para-hydroxylation sites is 1. The predicted octanol–water partition coefficient (Wildman–Crippen LogP) is 6.42. The molecule has 3 aromatic carbocycles. The highest BCUT2D eigenvalue weighted by Gasteiger charge is 2.34. The molecule has 0 atom stereocenters. The summed E-state index contributed by atoms with van der Waals surface area (Å²) in [5.74, 6) is 0.335. The van der Waals surface area contributed by atoms with Crippen molar-refractivity contribution in [2.45, 2.75) is 6.61 Å². The molecule has 0 spiro atoms. The van der Waals surface area contributed by atoms with Gasteiger partial charge in [0.25, 0.3) is 5.91 Å². The van der Waals surface area contributed by atoms with Crippen LogP contribution in [-0.4, -0.2) is 17.3 Å². The zero-order chi connectivity index (χ0) is 22.7. The van der Waals surface area contributed by atoms with Crippen LogP contribution in [0.3, 0.4) is 0 Å². The Balaban J connectivity index is 1.60. The molecule has 4 nitrogen and oxygen atoms in total. The van der Waals surface area contributed by atoms with Gasteiger partial charge in [0.05, 0.1) is 21.3 Å². The molecular weight excluding hydrogens is 560 g/mol. The van der Waals surface area contributed by atoms with E-state index in [1.165, 1.54) is 17.0 Å². The molecule has 1 fully saturated rings. The first-order valence-corrected chi connectivity index (χ1v) is 11.8. The molecule has 0 saturated carbocycles. The van der Waals surface area contributed by atoms with Crippen molar-refractivity contribution in [3.8, 4) is 11.5 Å². The van der Waals surface area contributed by atoms with Crippen LogP contribution in [0.2, 0.25) is 0 Å². The number of hydrogen-bond donors (Lipinski definition) is 0. The fourth-order valence-electron chi connectivity index (χ4n) is 3.15. The van der Waals surface area contributed by atoms with E-state index in [1.807, 2.05) is 36.4 Å². The summed E-state index contributed by atoms with van der Waals surface area (Å²) in [6.07, 6.45) is 1.73. The first kappa shape index (κ1) is 22.8. The average molecular weight is 577 g/mol. The Bertz CT molecular complexity index is 1220. The van der Waals surface area contributed by atoms with Gasteiger partial charge in [0.15, 0.2) is 15.8 Å². The Morgan fingerprint density at radius 1 is 1.12 bits per heavy atom. The molecule has 0 aromatic heterocycles. The molecule has 0 N–H and O–H groups in total. The van der Waals surface area contributed by atoms with Crippen molar-refractivity contribution in [2.24, 2.45) is 0 Å². The van der Waals surface area contributed by atoms with Crippen LogP contribution in [0.25, 0.3) is 6.08 Å². The Hall–Kier alpha value is -2.43. The van der Waals surface area contributed by atoms with Crippen molar-refractivity contribution < 1.29 is 18.7 Å². The second kappa shape index (κ2) is 10.0. The minimum atomic E-state index is -0.499. The Morgan fingerprint density at radius 3 is 2.56 bits per heavy atom. The van der Waals surface area contributed by atoms with Gasteiger partial charge >= 0.3 is 0 Å². The minimum Gasteiger partial charge on any atom is -0.493 e. The monoisotopic (exact) mass is 577 g/mol. The van der Waals surface area contributed by atoms with Crippen molar-refractivity contribution in [2.75, 3.05) is 12.0 Å². The van der Waals surface area contributed by atoms with Crippen LogP contribution in [0.5, 0.6) is 11.5 Å². The molecule has 1 aliphatic heterocycles. The number of thioether (sulfide) groups is 1. The van der Waals surface area contributed by atoms with E-state index in [9.17, 15) is 9.18 Å². The second-order valence-electron chi connectivity index (χ2n) is 6.78. The fourth-order valence-corrected chi connectivity index (χ4v) is 5.22. The number of carbonyl (C=O) groups excluding carboxylic acids is 1. The summed E-state index contributed by atoms with van der Waals surface area (Å²) in [7, 11) is 1.57. The third-order valence-electron chi connectivity index (χ3n) is 4.66. The summed E-state index contributed by atoms with van der Waals surface area (Å²) < 4.78 is 26.9. The maximum absolute atomic E-state index is 14.2. The molecule has 1 aliphatic rings. The number of benzene rings is 3. The average Bonchev–Trinajstić information content (AvgIpc) is 3.06. The number of anilines is 1. The number of thiocarbonyl (C=S) groups is 1. The number of ether oxygens (including phenoxy) is 2. The normalized spacial score (nSPS) is 14.8. The molecule has 0 aliphatic carbocycles. The lowest BCUT2D eigenvalue weighted by molar-refractivity contribution is -0.113. The summed E-state index contributed by atoms with van der Waals surface area (Å²) in [4.78, 5) is 14.6. The molecule has 0 bridgehead atoms. The summed E-state index contributed by atoms with van der Waals surface area (Å²) in [6, 6.07) is 19.6. The van der Waals surface area contributed by atoms with Gasteiger partial charge in [0, 0.05) is 0 Å². The first-order valence-electron chi connectivity index (χ1n) is 9.54. The van der Waals surface area contributed by atoms with E-state index in [0.29, 0.717) is 23.0 Å². The molecule has 1 saturated heterocycles. The topological polar surface area (TPSA) is 38.8 Å². The van der Waals surface area contributed by atoms with Gasteiger partial charge in [-0.1, -0.05) is 66.4 Å². The van der Waals surface area contributed by atoms with Gasteiger partial charge in [-0.3, -0.25) is 9.69 Å². The third kappa shape index (κ3) is 4.82. The van der Waals surface area contributed by atoms with Crippen LogP contribution in [0.4, 0.5) is 10.1 Å². The lowest BCUT2D eigenvalue weighted by Gasteiger charge is -2.15. The van der Waals surface area contributed by atoms with E-state index in [2.05, 4.69) is 22.6 Å². The number of amides is 1. The largest absolute Gasteiger partial charge is 0.493 e. The number of carbonyl (C=O) groups is 1. The smallest absolute Gasteiger partial charge is 0.270 e. The van der Waals surface area contributed by atoms with Crippen LogP contribution >= 0.6 is 46.6 Å². The predicted molar refractivity (Wildman–Crippen MR) is 139 cm³/mol. The zero-order valence-corrected chi connectivity index (χ0v) is 20.7.